The first-order valence-electron chi connectivity index (χ1n) is 8.58. The normalized spacial score (nSPS) is 27.5. The highest BCUT2D eigenvalue weighted by atomic mass is 16.3. The van der Waals surface area contributed by atoms with Crippen molar-refractivity contribution in [2.45, 2.75) is 38.3 Å². The van der Waals surface area contributed by atoms with Gasteiger partial charge in [-0.15, -0.1) is 0 Å². The van der Waals surface area contributed by atoms with Crippen LogP contribution in [-0.4, -0.2) is 45.4 Å². The number of β-amino-alcohol motifs (C(OH)–C–C–N with tert-alkyl or cyclic N) is 1. The number of nitriles is 1. The number of nitrogens with zero attached hydrogens (tertiary/aromatic N) is 5. The van der Waals surface area contributed by atoms with Crippen LogP contribution in [0.1, 0.15) is 36.6 Å². The van der Waals surface area contributed by atoms with Crippen molar-refractivity contribution in [3.63, 3.8) is 0 Å². The van der Waals surface area contributed by atoms with E-state index in [4.69, 9.17) is 10.2 Å². The van der Waals surface area contributed by atoms with Gasteiger partial charge in [-0.05, 0) is 26.3 Å². The summed E-state index contributed by atoms with van der Waals surface area (Å²) in [4.78, 5) is 6.75. The third kappa shape index (κ3) is 2.62. The number of hydrogen-bond acceptors (Lipinski definition) is 6. The van der Waals surface area contributed by atoms with Crippen LogP contribution in [0.25, 0.3) is 5.65 Å². The van der Waals surface area contributed by atoms with E-state index in [1.165, 1.54) is 12.8 Å². The number of aliphatic hydroxyl groups excluding tert-OH is 1. The monoisotopic (exact) mass is 326 g/mol. The lowest BCUT2D eigenvalue weighted by atomic mass is 10.0. The molecule has 2 N–H and O–H groups in total. The zero-order valence-electron chi connectivity index (χ0n) is 13.8. The van der Waals surface area contributed by atoms with E-state index in [1.807, 2.05) is 28.6 Å². The Hall–Kier alpha value is -2.17. The van der Waals surface area contributed by atoms with Gasteiger partial charge in [0.25, 0.3) is 0 Å². The Morgan fingerprint density at radius 1 is 1.38 bits per heavy atom. The first-order chi connectivity index (χ1) is 11.7. The number of nitrogens with one attached hydrogen (secondary N) is 1. The van der Waals surface area contributed by atoms with Crippen molar-refractivity contribution in [3.05, 3.63) is 23.5 Å². The maximum atomic E-state index is 9.98. The number of aryl methyl sites for hydroxylation is 1. The van der Waals surface area contributed by atoms with E-state index in [2.05, 4.69) is 16.5 Å². The lowest BCUT2D eigenvalue weighted by Gasteiger charge is -2.21. The number of rotatable bonds is 2. The molecule has 2 saturated heterocycles. The molecule has 7 heteroatoms. The van der Waals surface area contributed by atoms with Crippen LogP contribution in [0.4, 0.5) is 5.82 Å². The molecule has 24 heavy (non-hydrogen) atoms. The summed E-state index contributed by atoms with van der Waals surface area (Å²) >= 11 is 0. The van der Waals surface area contributed by atoms with E-state index in [-0.39, 0.29) is 5.92 Å². The van der Waals surface area contributed by atoms with E-state index in [9.17, 15) is 5.11 Å². The van der Waals surface area contributed by atoms with Gasteiger partial charge >= 0.3 is 0 Å². The van der Waals surface area contributed by atoms with E-state index in [1.54, 1.807) is 0 Å². The molecule has 1 unspecified atom stereocenters. The van der Waals surface area contributed by atoms with Crippen molar-refractivity contribution in [3.8, 4) is 6.07 Å². The molecule has 2 fully saturated rings. The van der Waals surface area contributed by atoms with Crippen LogP contribution in [0.2, 0.25) is 0 Å². The zero-order chi connectivity index (χ0) is 16.7. The fraction of sp³-hybridized carbons (Fsp3) is 0.588. The largest absolute Gasteiger partial charge is 0.390 e. The molecule has 7 nitrogen and oxygen atoms in total. The molecule has 2 aromatic heterocycles. The maximum Gasteiger partial charge on any atom is 0.157 e. The van der Waals surface area contributed by atoms with Gasteiger partial charge in [0.2, 0.25) is 0 Å². The second kappa shape index (κ2) is 6.04. The first-order valence-corrected chi connectivity index (χ1v) is 8.58. The Kier molecular flexibility index (Phi) is 3.87. The highest BCUT2D eigenvalue weighted by Gasteiger charge is 2.33. The van der Waals surface area contributed by atoms with E-state index in [0.717, 1.165) is 35.7 Å². The molecular formula is C17H22N6O. The lowest BCUT2D eigenvalue weighted by molar-refractivity contribution is 0.171. The fourth-order valence-corrected chi connectivity index (χ4v) is 3.70. The summed E-state index contributed by atoms with van der Waals surface area (Å²) in [6.07, 6.45) is 4.93. The van der Waals surface area contributed by atoms with Gasteiger partial charge in [-0.1, -0.05) is 6.42 Å². The third-order valence-electron chi connectivity index (χ3n) is 5.05. The molecule has 3 atom stereocenters. The summed E-state index contributed by atoms with van der Waals surface area (Å²) in [5, 5.41) is 27.3. The number of hydrogen-bond donors (Lipinski definition) is 2. The molecule has 0 radical (unpaired) electrons. The second-order valence-corrected chi connectivity index (χ2v) is 6.83. The van der Waals surface area contributed by atoms with Crippen molar-refractivity contribution >= 4 is 11.5 Å². The SMILES string of the molecule is Cc1cn2nc(C3CCCCN3)cc2nc1N1C[C@@H](C#N)[C@@H](O)C1. The fourth-order valence-electron chi connectivity index (χ4n) is 3.70. The number of aromatic nitrogens is 3. The van der Waals surface area contributed by atoms with Gasteiger partial charge < -0.3 is 15.3 Å². The molecule has 0 saturated carbocycles. The minimum Gasteiger partial charge on any atom is -0.390 e. The average Bonchev–Trinajstić information content (AvgIpc) is 3.17. The minimum atomic E-state index is -0.612. The Labute approximate surface area is 140 Å². The molecule has 0 spiro atoms. The van der Waals surface area contributed by atoms with Crippen LogP contribution in [-0.2, 0) is 0 Å². The van der Waals surface area contributed by atoms with Gasteiger partial charge in [0, 0.05) is 30.9 Å². The number of anilines is 1. The average molecular weight is 326 g/mol. The summed E-state index contributed by atoms with van der Waals surface area (Å²) in [6.45, 7) is 4.01. The van der Waals surface area contributed by atoms with Crippen LogP contribution in [0.5, 0.6) is 0 Å². The molecule has 0 bridgehead atoms. The van der Waals surface area contributed by atoms with Crippen LogP contribution in [0.3, 0.4) is 0 Å². The quantitative estimate of drug-likeness (QED) is 0.861. The lowest BCUT2D eigenvalue weighted by Crippen LogP contribution is -2.27. The van der Waals surface area contributed by atoms with Gasteiger partial charge in [-0.3, -0.25) is 0 Å². The second-order valence-electron chi connectivity index (χ2n) is 6.83. The van der Waals surface area contributed by atoms with Crippen molar-refractivity contribution in [2.24, 2.45) is 5.92 Å². The van der Waals surface area contributed by atoms with Crippen molar-refractivity contribution in [1.29, 1.82) is 5.26 Å². The van der Waals surface area contributed by atoms with E-state index in [0.29, 0.717) is 19.1 Å². The molecule has 2 aliphatic heterocycles. The predicted molar refractivity (Wildman–Crippen MR) is 89.6 cm³/mol. The molecule has 4 heterocycles. The van der Waals surface area contributed by atoms with Gasteiger partial charge in [-0.25, -0.2) is 9.50 Å². The molecule has 0 aliphatic carbocycles. The summed E-state index contributed by atoms with van der Waals surface area (Å²) < 4.78 is 1.83. The van der Waals surface area contributed by atoms with Crippen molar-refractivity contribution in [2.75, 3.05) is 24.5 Å². The predicted octanol–water partition coefficient (Wildman–Crippen LogP) is 1.17. The summed E-state index contributed by atoms with van der Waals surface area (Å²) in [5.41, 5.74) is 2.85. The highest BCUT2D eigenvalue weighted by molar-refractivity contribution is 5.54. The summed E-state index contributed by atoms with van der Waals surface area (Å²) in [5.74, 6) is 0.483. The van der Waals surface area contributed by atoms with Gasteiger partial charge in [0.15, 0.2) is 5.65 Å². The molecule has 2 aromatic rings. The van der Waals surface area contributed by atoms with Crippen LogP contribution in [0, 0.1) is 24.2 Å². The Balaban J connectivity index is 1.65. The molecule has 0 aromatic carbocycles. The Bertz CT molecular complexity index is 788. The smallest absolute Gasteiger partial charge is 0.157 e. The van der Waals surface area contributed by atoms with Gasteiger partial charge in [0.1, 0.15) is 5.82 Å². The Morgan fingerprint density at radius 3 is 2.96 bits per heavy atom. The molecular weight excluding hydrogens is 304 g/mol. The third-order valence-corrected chi connectivity index (χ3v) is 5.05. The number of fused-ring (bicyclic) bond motifs is 1. The van der Waals surface area contributed by atoms with Crippen molar-refractivity contribution < 1.29 is 5.11 Å². The first kappa shape index (κ1) is 15.4. The van der Waals surface area contributed by atoms with Gasteiger partial charge in [0.05, 0.1) is 29.8 Å². The summed E-state index contributed by atoms with van der Waals surface area (Å²) in [7, 11) is 0. The van der Waals surface area contributed by atoms with Crippen LogP contribution >= 0.6 is 0 Å². The maximum absolute atomic E-state index is 9.98. The van der Waals surface area contributed by atoms with Gasteiger partial charge in [-0.2, -0.15) is 10.4 Å². The minimum absolute atomic E-state index is 0.306. The van der Waals surface area contributed by atoms with Crippen molar-refractivity contribution in [1.82, 2.24) is 19.9 Å². The standard InChI is InChI=1S/C17H22N6O/c1-11-8-23-16(6-14(21-23)13-4-2-3-5-19-13)20-17(11)22-9-12(7-18)15(24)10-22/h6,8,12-13,15,19,24H,2-5,9-10H2,1H3/t12-,13?,15+/m1/s1. The zero-order valence-corrected chi connectivity index (χ0v) is 13.8. The van der Waals surface area contributed by atoms with Crippen LogP contribution in [0.15, 0.2) is 12.3 Å². The highest BCUT2D eigenvalue weighted by Crippen LogP contribution is 2.27. The molecule has 0 amide bonds. The molecule has 126 valence electrons. The molecule has 2 aliphatic rings. The molecule has 4 rings (SSSR count). The van der Waals surface area contributed by atoms with E-state index >= 15 is 0 Å². The number of piperidine rings is 1. The van der Waals surface area contributed by atoms with E-state index < -0.39 is 6.10 Å². The summed E-state index contributed by atoms with van der Waals surface area (Å²) in [6, 6.07) is 4.52. The van der Waals surface area contributed by atoms with Crippen LogP contribution < -0.4 is 10.2 Å². The Morgan fingerprint density at radius 2 is 2.25 bits per heavy atom. The number of aliphatic hydroxyl groups is 1. The topological polar surface area (TPSA) is 89.5 Å².